The van der Waals surface area contributed by atoms with Crippen molar-refractivity contribution >= 4 is 29.9 Å². The van der Waals surface area contributed by atoms with Crippen molar-refractivity contribution in [2.75, 3.05) is 0 Å². The van der Waals surface area contributed by atoms with Crippen LogP contribution in [-0.4, -0.2) is 16.1 Å². The normalized spacial score (nSPS) is 16.0. The number of hydrogen-bond donors (Lipinski definition) is 2. The number of hydrogen-bond acceptors (Lipinski definition) is 3. The smallest absolute Gasteiger partial charge is 0.306 e. The third-order valence-corrected chi connectivity index (χ3v) is 6.79. The lowest BCUT2D eigenvalue weighted by atomic mass is 9.83. The van der Waals surface area contributed by atoms with E-state index in [0.717, 1.165) is 63.5 Å². The van der Waals surface area contributed by atoms with E-state index in [9.17, 15) is 9.90 Å². The Morgan fingerprint density at radius 3 is 2.72 bits per heavy atom. The van der Waals surface area contributed by atoms with E-state index in [1.165, 1.54) is 5.57 Å². The number of benzene rings is 1. The molecule has 4 nitrogen and oxygen atoms in total. The summed E-state index contributed by atoms with van der Waals surface area (Å²) in [6.07, 6.45) is 11.6. The second kappa shape index (κ2) is 12.3. The SMILES string of the molecule is C=C(C(/C=c1/cc(C2=C(c3cccc(C)n3)NC=CC2)ccc1=C)=C/C)C(CCC)C[C@@H](C)C(=O)O. The molecule has 3 rings (SSSR count). The number of carboxylic acid groups (broad SMARTS) is 1. The predicted molar refractivity (Wildman–Crippen MR) is 151 cm³/mol. The molecule has 1 unspecified atom stereocenters. The maximum Gasteiger partial charge on any atom is 0.306 e. The highest BCUT2D eigenvalue weighted by atomic mass is 16.4. The summed E-state index contributed by atoms with van der Waals surface area (Å²) in [5, 5.41) is 14.8. The van der Waals surface area contributed by atoms with Gasteiger partial charge in [-0.15, -0.1) is 0 Å². The molecule has 2 atom stereocenters. The van der Waals surface area contributed by atoms with Gasteiger partial charge in [-0.1, -0.05) is 63.8 Å². The maximum absolute atomic E-state index is 11.5. The number of rotatable bonds is 10. The van der Waals surface area contributed by atoms with Crippen molar-refractivity contribution in [1.82, 2.24) is 10.3 Å². The Balaban J connectivity index is 2.03. The van der Waals surface area contributed by atoms with Gasteiger partial charge in [0.15, 0.2) is 0 Å². The minimum absolute atomic E-state index is 0.120. The van der Waals surface area contributed by atoms with Crippen LogP contribution in [0.2, 0.25) is 0 Å². The van der Waals surface area contributed by atoms with Crippen molar-refractivity contribution < 1.29 is 9.90 Å². The van der Waals surface area contributed by atoms with Gasteiger partial charge in [0, 0.05) is 5.69 Å². The molecule has 0 saturated heterocycles. The third kappa shape index (κ3) is 6.51. The quantitative estimate of drug-likeness (QED) is 0.409. The molecule has 0 amide bonds. The highest BCUT2D eigenvalue weighted by molar-refractivity contribution is 5.91. The molecule has 2 heterocycles. The number of carboxylic acids is 1. The second-order valence-corrected chi connectivity index (χ2v) is 9.56. The van der Waals surface area contributed by atoms with Gasteiger partial charge in [0.2, 0.25) is 0 Å². The van der Waals surface area contributed by atoms with Crippen LogP contribution in [0.15, 0.2) is 72.5 Å². The number of nitrogens with zero attached hydrogens (tertiary/aromatic N) is 1. The van der Waals surface area contributed by atoms with Gasteiger partial charge in [-0.3, -0.25) is 9.78 Å². The number of allylic oxidation sites excluding steroid dienone is 5. The molecule has 1 aromatic heterocycles. The van der Waals surface area contributed by atoms with Crippen molar-refractivity contribution in [3.63, 3.8) is 0 Å². The van der Waals surface area contributed by atoms with Gasteiger partial charge >= 0.3 is 5.97 Å². The third-order valence-electron chi connectivity index (χ3n) is 6.79. The van der Waals surface area contributed by atoms with Crippen LogP contribution >= 0.6 is 0 Å². The Labute approximate surface area is 215 Å². The average molecular weight is 483 g/mol. The fourth-order valence-electron chi connectivity index (χ4n) is 4.67. The minimum Gasteiger partial charge on any atom is -0.481 e. The van der Waals surface area contributed by atoms with Crippen molar-refractivity contribution in [1.29, 1.82) is 0 Å². The summed E-state index contributed by atoms with van der Waals surface area (Å²) in [5.41, 5.74) is 7.25. The largest absolute Gasteiger partial charge is 0.481 e. The first-order valence-corrected chi connectivity index (χ1v) is 12.7. The monoisotopic (exact) mass is 482 g/mol. The van der Waals surface area contributed by atoms with Crippen LogP contribution in [0.5, 0.6) is 0 Å². The Bertz CT molecular complexity index is 1330. The first-order chi connectivity index (χ1) is 17.2. The van der Waals surface area contributed by atoms with Gasteiger partial charge in [0.05, 0.1) is 17.3 Å². The molecule has 36 heavy (non-hydrogen) atoms. The Hall–Kier alpha value is -3.66. The summed E-state index contributed by atoms with van der Waals surface area (Å²) in [7, 11) is 0. The van der Waals surface area contributed by atoms with Gasteiger partial charge in [-0.2, -0.15) is 0 Å². The summed E-state index contributed by atoms with van der Waals surface area (Å²) in [6, 6.07) is 12.4. The topological polar surface area (TPSA) is 62.2 Å². The number of pyridine rings is 1. The Morgan fingerprint density at radius 2 is 2.06 bits per heavy atom. The van der Waals surface area contributed by atoms with E-state index in [1.807, 2.05) is 38.2 Å². The number of dihydropyridines is 1. The molecule has 0 spiro atoms. The number of carbonyl (C=O) groups is 1. The van der Waals surface area contributed by atoms with Crippen molar-refractivity contribution in [2.45, 2.75) is 53.4 Å². The predicted octanol–water partition coefficient (Wildman–Crippen LogP) is 5.99. The first-order valence-electron chi connectivity index (χ1n) is 12.7. The molecule has 188 valence electrons. The van der Waals surface area contributed by atoms with Crippen molar-refractivity contribution in [2.24, 2.45) is 11.8 Å². The van der Waals surface area contributed by atoms with Crippen LogP contribution in [0.1, 0.15) is 63.4 Å². The molecule has 0 radical (unpaired) electrons. The minimum atomic E-state index is -0.759. The molecule has 0 bridgehead atoms. The van der Waals surface area contributed by atoms with E-state index in [1.54, 1.807) is 6.92 Å². The van der Waals surface area contributed by atoms with Crippen LogP contribution < -0.4 is 15.8 Å². The lowest BCUT2D eigenvalue weighted by molar-refractivity contribution is -0.141. The van der Waals surface area contributed by atoms with Gasteiger partial charge in [0.1, 0.15) is 0 Å². The molecule has 1 aromatic carbocycles. The second-order valence-electron chi connectivity index (χ2n) is 9.56. The van der Waals surface area contributed by atoms with Gasteiger partial charge in [-0.25, -0.2) is 0 Å². The van der Waals surface area contributed by atoms with E-state index < -0.39 is 11.9 Å². The molecule has 0 saturated carbocycles. The van der Waals surface area contributed by atoms with Crippen molar-refractivity contribution in [3.8, 4) is 0 Å². The molecular formula is C32H38N2O2. The lowest BCUT2D eigenvalue weighted by Gasteiger charge is -2.22. The van der Waals surface area contributed by atoms with Crippen LogP contribution in [0, 0.1) is 18.8 Å². The fraction of sp³-hybridized carbons (Fsp3) is 0.312. The zero-order valence-electron chi connectivity index (χ0n) is 22.0. The molecular weight excluding hydrogens is 444 g/mol. The van der Waals surface area contributed by atoms with Crippen LogP contribution in [0.25, 0.3) is 23.9 Å². The molecule has 0 fully saturated rings. The van der Waals surface area contributed by atoms with Gasteiger partial charge in [-0.05, 0) is 102 Å². The molecule has 0 aliphatic carbocycles. The van der Waals surface area contributed by atoms with Crippen molar-refractivity contribution in [3.05, 3.63) is 99.9 Å². The average Bonchev–Trinajstić information content (AvgIpc) is 2.87. The van der Waals surface area contributed by atoms with E-state index in [4.69, 9.17) is 4.98 Å². The zero-order chi connectivity index (χ0) is 26.2. The fourth-order valence-corrected chi connectivity index (χ4v) is 4.67. The Kier molecular flexibility index (Phi) is 9.24. The Morgan fingerprint density at radius 1 is 1.28 bits per heavy atom. The zero-order valence-corrected chi connectivity index (χ0v) is 22.0. The number of nitrogens with one attached hydrogen (secondary N) is 1. The van der Waals surface area contributed by atoms with Crippen LogP contribution in [0.4, 0.5) is 0 Å². The number of aliphatic carboxylic acids is 1. The lowest BCUT2D eigenvalue weighted by Crippen LogP contribution is -2.24. The van der Waals surface area contributed by atoms with E-state index in [-0.39, 0.29) is 5.92 Å². The highest BCUT2D eigenvalue weighted by Gasteiger charge is 2.21. The first kappa shape index (κ1) is 26.9. The van der Waals surface area contributed by atoms with Gasteiger partial charge < -0.3 is 10.4 Å². The molecule has 1 aliphatic heterocycles. The summed E-state index contributed by atoms with van der Waals surface area (Å²) in [4.78, 5) is 16.2. The molecule has 1 aliphatic rings. The highest BCUT2D eigenvalue weighted by Crippen LogP contribution is 2.31. The summed E-state index contributed by atoms with van der Waals surface area (Å²) in [6.45, 7) is 16.6. The van der Waals surface area contributed by atoms with E-state index >= 15 is 0 Å². The standard InChI is InChI=1S/C32H38N2O2/c1-7-11-26(18-22(4)32(35)36)24(6)25(8-2)19-28-20-27(16-15-21(28)3)29-13-10-17-33-31(29)30-14-9-12-23(5)34-30/h8-10,12,14-17,19-20,22,26,33H,3,6-7,11,13,18H2,1-2,4-5H3,(H,35,36)/b25-8+,28-19-/t22-,26?/m1/s1. The number of aryl methyl sites for hydroxylation is 1. The van der Waals surface area contributed by atoms with Gasteiger partial charge in [0.25, 0.3) is 0 Å². The maximum atomic E-state index is 11.5. The molecule has 2 aromatic rings. The molecule has 4 heteroatoms. The molecule has 2 N–H and O–H groups in total. The van der Waals surface area contributed by atoms with E-state index in [2.05, 4.69) is 61.8 Å². The summed E-state index contributed by atoms with van der Waals surface area (Å²) >= 11 is 0. The van der Waals surface area contributed by atoms with Crippen LogP contribution in [0.3, 0.4) is 0 Å². The number of aromatic nitrogens is 1. The van der Waals surface area contributed by atoms with E-state index in [0.29, 0.717) is 6.42 Å². The van der Waals surface area contributed by atoms with Crippen LogP contribution in [-0.2, 0) is 4.79 Å². The summed E-state index contributed by atoms with van der Waals surface area (Å²) < 4.78 is 0. The summed E-state index contributed by atoms with van der Waals surface area (Å²) in [5.74, 6) is -1.05.